The standard InChI is InChI=1S/C27H33F2N3O3/c1-18(33)21-3-2-4-23(16-21)30-27(34)31-26-24(29)11-14-35-25(26)17-32-12-9-20(10-13-32)15-19-5-7-22(28)8-6-19/h2-8,16,20,24-26H,9-15,17H2,1H3,(H2,30,31,34)/t24-,25+,26?/m0/s1. The van der Waals surface area contributed by atoms with Gasteiger partial charge in [-0.15, -0.1) is 0 Å². The quantitative estimate of drug-likeness (QED) is 0.563. The summed E-state index contributed by atoms with van der Waals surface area (Å²) in [5, 5.41) is 5.46. The minimum atomic E-state index is -1.20. The number of ketones is 1. The number of carbonyl (C=O) groups is 2. The second-order valence-corrected chi connectivity index (χ2v) is 9.55. The van der Waals surface area contributed by atoms with Crippen LogP contribution in [0.5, 0.6) is 0 Å². The number of hydrogen-bond acceptors (Lipinski definition) is 4. The zero-order chi connectivity index (χ0) is 24.8. The van der Waals surface area contributed by atoms with Gasteiger partial charge in [-0.25, -0.2) is 13.6 Å². The van der Waals surface area contributed by atoms with Gasteiger partial charge in [0.15, 0.2) is 5.78 Å². The van der Waals surface area contributed by atoms with Gasteiger partial charge >= 0.3 is 6.03 Å². The average Bonchev–Trinajstić information content (AvgIpc) is 2.84. The molecule has 4 rings (SSSR count). The van der Waals surface area contributed by atoms with E-state index in [-0.39, 0.29) is 18.0 Å². The predicted octanol–water partition coefficient (Wildman–Crippen LogP) is 4.60. The fourth-order valence-electron chi connectivity index (χ4n) is 4.91. The van der Waals surface area contributed by atoms with Crippen molar-refractivity contribution < 1.29 is 23.1 Å². The van der Waals surface area contributed by atoms with Gasteiger partial charge in [0.25, 0.3) is 0 Å². The molecule has 35 heavy (non-hydrogen) atoms. The molecule has 2 aromatic carbocycles. The van der Waals surface area contributed by atoms with Crippen molar-refractivity contribution in [3.05, 3.63) is 65.5 Å². The van der Waals surface area contributed by atoms with Gasteiger partial charge in [-0.3, -0.25) is 4.79 Å². The van der Waals surface area contributed by atoms with E-state index in [9.17, 15) is 18.4 Å². The van der Waals surface area contributed by atoms with E-state index >= 15 is 0 Å². The van der Waals surface area contributed by atoms with Crippen LogP contribution < -0.4 is 10.6 Å². The van der Waals surface area contributed by atoms with Crippen molar-refractivity contribution >= 4 is 17.5 Å². The van der Waals surface area contributed by atoms with Crippen LogP contribution in [-0.2, 0) is 11.2 Å². The smallest absolute Gasteiger partial charge is 0.319 e. The van der Waals surface area contributed by atoms with Crippen molar-refractivity contribution in [2.75, 3.05) is 31.6 Å². The average molecular weight is 486 g/mol. The first kappa shape index (κ1) is 25.3. The van der Waals surface area contributed by atoms with Crippen LogP contribution in [-0.4, -0.2) is 61.3 Å². The summed E-state index contributed by atoms with van der Waals surface area (Å²) < 4.78 is 33.9. The first-order chi connectivity index (χ1) is 16.9. The number of hydrogen-bond donors (Lipinski definition) is 2. The lowest BCUT2D eigenvalue weighted by atomic mass is 9.89. The number of benzene rings is 2. The van der Waals surface area contributed by atoms with E-state index in [1.165, 1.54) is 19.1 Å². The SMILES string of the molecule is CC(=O)c1cccc(NC(=O)NC2[C@@H](F)CCO[C@@H]2CN2CCC(Cc3ccc(F)cc3)CC2)c1. The summed E-state index contributed by atoms with van der Waals surface area (Å²) in [6.45, 7) is 4.09. The number of amides is 2. The number of carbonyl (C=O) groups excluding carboxylic acids is 2. The number of alkyl halides is 1. The fraction of sp³-hybridized carbons (Fsp3) is 0.481. The molecule has 3 atom stereocenters. The van der Waals surface area contributed by atoms with Crippen molar-refractivity contribution in [2.45, 2.75) is 50.9 Å². The zero-order valence-electron chi connectivity index (χ0n) is 20.0. The highest BCUT2D eigenvalue weighted by Gasteiger charge is 2.37. The Balaban J connectivity index is 1.29. The van der Waals surface area contributed by atoms with Crippen LogP contribution in [0.25, 0.3) is 0 Å². The highest BCUT2D eigenvalue weighted by Crippen LogP contribution is 2.25. The third-order valence-corrected chi connectivity index (χ3v) is 6.92. The highest BCUT2D eigenvalue weighted by molar-refractivity contribution is 5.96. The van der Waals surface area contributed by atoms with Crippen molar-refractivity contribution in [3.63, 3.8) is 0 Å². The number of urea groups is 1. The van der Waals surface area contributed by atoms with Crippen LogP contribution in [0.3, 0.4) is 0 Å². The monoisotopic (exact) mass is 485 g/mol. The molecule has 1 unspecified atom stereocenters. The topological polar surface area (TPSA) is 70.7 Å². The van der Waals surface area contributed by atoms with Gasteiger partial charge in [0.2, 0.25) is 0 Å². The largest absolute Gasteiger partial charge is 0.375 e. The molecule has 2 aromatic rings. The van der Waals surface area contributed by atoms with Crippen LogP contribution in [0.2, 0.25) is 0 Å². The van der Waals surface area contributed by atoms with E-state index in [0.717, 1.165) is 37.9 Å². The number of Topliss-reactive ketones (excluding diaryl/α,β-unsaturated/α-hetero) is 1. The lowest BCUT2D eigenvalue weighted by molar-refractivity contribution is -0.0590. The molecule has 188 valence electrons. The van der Waals surface area contributed by atoms with E-state index in [2.05, 4.69) is 15.5 Å². The van der Waals surface area contributed by atoms with E-state index in [1.807, 2.05) is 12.1 Å². The highest BCUT2D eigenvalue weighted by atomic mass is 19.1. The second kappa shape index (κ2) is 11.7. The van der Waals surface area contributed by atoms with Gasteiger partial charge in [-0.05, 0) is 75.0 Å². The number of ether oxygens (including phenoxy) is 1. The summed E-state index contributed by atoms with van der Waals surface area (Å²) in [4.78, 5) is 26.5. The molecule has 2 heterocycles. The van der Waals surface area contributed by atoms with Gasteiger partial charge in [0, 0.05) is 30.8 Å². The second-order valence-electron chi connectivity index (χ2n) is 9.55. The molecule has 0 bridgehead atoms. The first-order valence-corrected chi connectivity index (χ1v) is 12.3. The summed E-state index contributed by atoms with van der Waals surface area (Å²) in [5.41, 5.74) is 2.11. The van der Waals surface area contributed by atoms with Crippen molar-refractivity contribution in [1.82, 2.24) is 10.2 Å². The summed E-state index contributed by atoms with van der Waals surface area (Å²) in [6.07, 6.45) is 1.54. The predicted molar refractivity (Wildman–Crippen MR) is 131 cm³/mol. The van der Waals surface area contributed by atoms with Crippen LogP contribution in [0.4, 0.5) is 19.3 Å². The van der Waals surface area contributed by atoms with Gasteiger partial charge in [-0.1, -0.05) is 24.3 Å². The summed E-state index contributed by atoms with van der Waals surface area (Å²) in [7, 11) is 0. The normalized spacial score (nSPS) is 23.6. The Kier molecular flexibility index (Phi) is 8.46. The van der Waals surface area contributed by atoms with Crippen molar-refractivity contribution in [3.8, 4) is 0 Å². The molecule has 2 saturated heterocycles. The Morgan fingerprint density at radius 2 is 1.83 bits per heavy atom. The molecule has 2 fully saturated rings. The molecule has 0 aromatic heterocycles. The van der Waals surface area contributed by atoms with E-state index in [4.69, 9.17) is 4.74 Å². The molecule has 0 radical (unpaired) electrons. The fourth-order valence-corrected chi connectivity index (χ4v) is 4.91. The molecular formula is C27H33F2N3O3. The number of rotatable bonds is 7. The molecule has 6 nitrogen and oxygen atoms in total. The Hall–Kier alpha value is -2.84. The summed E-state index contributed by atoms with van der Waals surface area (Å²) >= 11 is 0. The van der Waals surface area contributed by atoms with Crippen molar-refractivity contribution in [2.24, 2.45) is 5.92 Å². The minimum Gasteiger partial charge on any atom is -0.375 e. The summed E-state index contributed by atoms with van der Waals surface area (Å²) in [6, 6.07) is 12.1. The molecule has 0 spiro atoms. The maximum Gasteiger partial charge on any atom is 0.319 e. The van der Waals surface area contributed by atoms with E-state index in [0.29, 0.717) is 30.3 Å². The number of nitrogens with one attached hydrogen (secondary N) is 2. The van der Waals surface area contributed by atoms with Crippen LogP contribution >= 0.6 is 0 Å². The van der Waals surface area contributed by atoms with Crippen LogP contribution in [0.15, 0.2) is 48.5 Å². The third kappa shape index (κ3) is 7.08. The molecule has 2 aliphatic rings. The molecule has 8 heteroatoms. The first-order valence-electron chi connectivity index (χ1n) is 12.3. The number of anilines is 1. The maximum atomic E-state index is 14.8. The van der Waals surface area contributed by atoms with Crippen molar-refractivity contribution in [1.29, 1.82) is 0 Å². The Bertz CT molecular complexity index is 1010. The van der Waals surface area contributed by atoms with E-state index < -0.39 is 24.3 Å². The number of likely N-dealkylation sites (tertiary alicyclic amines) is 1. The lowest BCUT2D eigenvalue weighted by Gasteiger charge is -2.39. The molecule has 2 amide bonds. The van der Waals surface area contributed by atoms with Crippen LogP contribution in [0.1, 0.15) is 42.1 Å². The maximum absolute atomic E-state index is 14.8. The lowest BCUT2D eigenvalue weighted by Crippen LogP contribution is -2.58. The Morgan fingerprint density at radius 1 is 1.09 bits per heavy atom. The molecular weight excluding hydrogens is 452 g/mol. The molecule has 2 aliphatic heterocycles. The Labute approximate surface area is 205 Å². The summed E-state index contributed by atoms with van der Waals surface area (Å²) in [5.74, 6) is 0.215. The van der Waals surface area contributed by atoms with E-state index in [1.54, 1.807) is 24.3 Å². The van der Waals surface area contributed by atoms with Gasteiger partial charge in [0.05, 0.1) is 12.1 Å². The molecule has 0 saturated carbocycles. The number of piperidine rings is 1. The van der Waals surface area contributed by atoms with Gasteiger partial charge in [-0.2, -0.15) is 0 Å². The van der Waals surface area contributed by atoms with Crippen LogP contribution in [0, 0.1) is 11.7 Å². The van der Waals surface area contributed by atoms with Gasteiger partial charge < -0.3 is 20.3 Å². The number of nitrogens with zero attached hydrogens (tertiary/aromatic N) is 1. The Morgan fingerprint density at radius 3 is 2.54 bits per heavy atom. The third-order valence-electron chi connectivity index (χ3n) is 6.92. The molecule has 0 aliphatic carbocycles. The number of halogens is 2. The van der Waals surface area contributed by atoms with Gasteiger partial charge in [0.1, 0.15) is 12.0 Å². The molecule has 2 N–H and O–H groups in total. The zero-order valence-corrected chi connectivity index (χ0v) is 20.0. The minimum absolute atomic E-state index is 0.0972.